The van der Waals surface area contributed by atoms with E-state index in [0.717, 1.165) is 0 Å². The molecule has 1 spiro atoms. The van der Waals surface area contributed by atoms with Crippen molar-refractivity contribution in [3.05, 3.63) is 48.6 Å². The molecule has 1 N–H and O–H groups in total. The fourth-order valence-corrected chi connectivity index (χ4v) is 6.47. The van der Waals surface area contributed by atoms with Gasteiger partial charge in [-0.15, -0.1) is 0 Å². The second-order valence-electron chi connectivity index (χ2n) is 10.0. The Morgan fingerprint density at radius 2 is 1.84 bits per heavy atom. The van der Waals surface area contributed by atoms with E-state index in [4.69, 9.17) is 14.2 Å². The van der Waals surface area contributed by atoms with Crippen molar-refractivity contribution in [2.45, 2.75) is 56.4 Å². The highest BCUT2D eigenvalue weighted by atomic mass is 16.6. The number of fused-ring (bicyclic) bond motifs is 2. The Bertz CT molecular complexity index is 1130. The molecule has 9 nitrogen and oxygen atoms in total. The third-order valence-corrected chi connectivity index (χ3v) is 8.30. The van der Waals surface area contributed by atoms with Crippen LogP contribution in [-0.2, 0) is 23.9 Å². The first-order valence-electron chi connectivity index (χ1n) is 13.0. The van der Waals surface area contributed by atoms with Gasteiger partial charge in [0, 0.05) is 12.2 Å². The second-order valence-corrected chi connectivity index (χ2v) is 10.0. The number of carbonyl (C=O) groups excluding carboxylic acids is 3. The van der Waals surface area contributed by atoms with E-state index in [1.807, 2.05) is 32.1 Å². The zero-order valence-corrected chi connectivity index (χ0v) is 21.5. The Labute approximate surface area is 216 Å². The maximum Gasteiger partial charge on any atom is 0.313 e. The van der Waals surface area contributed by atoms with Gasteiger partial charge in [-0.3, -0.25) is 14.4 Å². The summed E-state index contributed by atoms with van der Waals surface area (Å²) in [6.07, 6.45) is 8.86. The normalized spacial score (nSPS) is 33.7. The standard InChI is InChI=1S/C28H34N2O7/c1-4-18(17-31)30-23-25(33)29(19-9-11-20(35-3)12-10-19)15-8-14-28(23)21(24(30)32)22-26(34)36-16-7-6-13-27(22,5-2)37-28/h6,8-14,18,21-23,31H,4-5,7,15-17H2,1-3H3/t18-,21-,22+,23?,27-,28-/m0/s1. The second kappa shape index (κ2) is 9.61. The Morgan fingerprint density at radius 3 is 2.49 bits per heavy atom. The van der Waals surface area contributed by atoms with E-state index < -0.39 is 41.1 Å². The van der Waals surface area contributed by atoms with Gasteiger partial charge in [0.2, 0.25) is 5.91 Å². The molecule has 4 heterocycles. The maximum absolute atomic E-state index is 14.4. The average Bonchev–Trinajstić information content (AvgIpc) is 3.25. The summed E-state index contributed by atoms with van der Waals surface area (Å²) in [7, 11) is 1.57. The quantitative estimate of drug-likeness (QED) is 0.462. The minimum absolute atomic E-state index is 0.223. The molecule has 0 bridgehead atoms. The van der Waals surface area contributed by atoms with E-state index in [1.54, 1.807) is 42.4 Å². The molecule has 0 radical (unpaired) electrons. The van der Waals surface area contributed by atoms with Crippen molar-refractivity contribution in [1.29, 1.82) is 0 Å². The van der Waals surface area contributed by atoms with Crippen molar-refractivity contribution in [2.24, 2.45) is 11.8 Å². The van der Waals surface area contributed by atoms with Crippen LogP contribution in [0.1, 0.15) is 33.1 Å². The minimum Gasteiger partial charge on any atom is -0.497 e. The number of carbonyl (C=O) groups is 3. The Morgan fingerprint density at radius 1 is 1.08 bits per heavy atom. The van der Waals surface area contributed by atoms with Crippen LogP contribution in [0.15, 0.2) is 48.6 Å². The van der Waals surface area contributed by atoms with Crippen LogP contribution in [0.4, 0.5) is 5.69 Å². The largest absolute Gasteiger partial charge is 0.497 e. The zero-order chi connectivity index (χ0) is 26.4. The van der Waals surface area contributed by atoms with Crippen molar-refractivity contribution in [2.75, 3.05) is 31.8 Å². The van der Waals surface area contributed by atoms with Gasteiger partial charge >= 0.3 is 5.97 Å². The first kappa shape index (κ1) is 25.5. The molecule has 2 amide bonds. The minimum atomic E-state index is -1.38. The molecule has 4 aliphatic rings. The summed E-state index contributed by atoms with van der Waals surface area (Å²) in [5.41, 5.74) is -1.82. The van der Waals surface area contributed by atoms with E-state index in [2.05, 4.69) is 0 Å². The van der Waals surface area contributed by atoms with E-state index in [1.165, 1.54) is 4.90 Å². The molecule has 0 aliphatic carbocycles. The molecule has 1 unspecified atom stereocenters. The number of esters is 1. The van der Waals surface area contributed by atoms with Crippen LogP contribution < -0.4 is 9.64 Å². The predicted octanol–water partition coefficient (Wildman–Crippen LogP) is 2.23. The predicted molar refractivity (Wildman–Crippen MR) is 135 cm³/mol. The molecule has 5 rings (SSSR count). The molecule has 2 saturated heterocycles. The average molecular weight is 511 g/mol. The van der Waals surface area contributed by atoms with Crippen molar-refractivity contribution in [3.63, 3.8) is 0 Å². The molecule has 1 aromatic rings. The van der Waals surface area contributed by atoms with E-state index in [9.17, 15) is 19.5 Å². The highest BCUT2D eigenvalue weighted by molar-refractivity contribution is 6.05. The lowest BCUT2D eigenvalue weighted by molar-refractivity contribution is -0.161. The summed E-state index contributed by atoms with van der Waals surface area (Å²) in [6.45, 7) is 3.95. The fraction of sp³-hybridized carbons (Fsp3) is 0.536. The number of hydrogen-bond acceptors (Lipinski definition) is 7. The summed E-state index contributed by atoms with van der Waals surface area (Å²) in [5.74, 6) is -2.38. The van der Waals surface area contributed by atoms with Gasteiger partial charge in [0.05, 0.1) is 32.3 Å². The summed E-state index contributed by atoms with van der Waals surface area (Å²) in [4.78, 5) is 45.1. The topological polar surface area (TPSA) is 106 Å². The molecule has 1 aromatic carbocycles. The number of likely N-dealkylation sites (tertiary alicyclic amines) is 1. The number of nitrogens with zero attached hydrogens (tertiary/aromatic N) is 2. The van der Waals surface area contributed by atoms with E-state index in [0.29, 0.717) is 30.7 Å². The number of hydrogen-bond donors (Lipinski definition) is 1. The number of cyclic esters (lactones) is 1. The van der Waals surface area contributed by atoms with E-state index >= 15 is 0 Å². The molecule has 4 aliphatic heterocycles. The Hall–Kier alpha value is -3.17. The van der Waals surface area contributed by atoms with Crippen molar-refractivity contribution in [1.82, 2.24) is 4.90 Å². The van der Waals surface area contributed by atoms with Crippen LogP contribution in [0.25, 0.3) is 0 Å². The molecule has 6 atom stereocenters. The maximum atomic E-state index is 14.4. The number of aliphatic hydroxyl groups is 1. The summed E-state index contributed by atoms with van der Waals surface area (Å²) in [5, 5.41) is 10.2. The van der Waals surface area contributed by atoms with Gasteiger partial charge in [0.1, 0.15) is 28.9 Å². The third kappa shape index (κ3) is 3.70. The van der Waals surface area contributed by atoms with Gasteiger partial charge in [-0.25, -0.2) is 0 Å². The van der Waals surface area contributed by atoms with Crippen LogP contribution in [0, 0.1) is 11.8 Å². The monoisotopic (exact) mass is 510 g/mol. The number of amides is 2. The summed E-state index contributed by atoms with van der Waals surface area (Å²) in [6, 6.07) is 5.48. The number of benzene rings is 1. The number of rotatable bonds is 6. The lowest BCUT2D eigenvalue weighted by atomic mass is 9.73. The first-order valence-corrected chi connectivity index (χ1v) is 13.0. The third-order valence-electron chi connectivity index (χ3n) is 8.30. The number of methoxy groups -OCH3 is 1. The van der Waals surface area contributed by atoms with Crippen molar-refractivity contribution >= 4 is 23.5 Å². The molecule has 37 heavy (non-hydrogen) atoms. The van der Waals surface area contributed by atoms with Crippen LogP contribution in [0.2, 0.25) is 0 Å². The molecule has 9 heteroatoms. The summed E-state index contributed by atoms with van der Waals surface area (Å²) < 4.78 is 17.7. The molecular weight excluding hydrogens is 476 g/mol. The van der Waals surface area contributed by atoms with Crippen LogP contribution in [0.3, 0.4) is 0 Å². The van der Waals surface area contributed by atoms with Gasteiger partial charge in [-0.1, -0.05) is 38.2 Å². The Kier molecular flexibility index (Phi) is 6.62. The molecular formula is C28H34N2O7. The molecule has 2 fully saturated rings. The lowest BCUT2D eigenvalue weighted by Gasteiger charge is -2.40. The highest BCUT2D eigenvalue weighted by Gasteiger charge is 2.75. The van der Waals surface area contributed by atoms with Gasteiger partial charge in [0.15, 0.2) is 0 Å². The molecule has 198 valence electrons. The van der Waals surface area contributed by atoms with Gasteiger partial charge in [0.25, 0.3) is 5.91 Å². The fourth-order valence-electron chi connectivity index (χ4n) is 6.47. The van der Waals surface area contributed by atoms with Crippen LogP contribution >= 0.6 is 0 Å². The van der Waals surface area contributed by atoms with Gasteiger partial charge < -0.3 is 29.1 Å². The summed E-state index contributed by atoms with van der Waals surface area (Å²) >= 11 is 0. The van der Waals surface area contributed by atoms with Gasteiger partial charge in [-0.2, -0.15) is 0 Å². The first-order chi connectivity index (χ1) is 17.9. The van der Waals surface area contributed by atoms with Crippen molar-refractivity contribution < 1.29 is 33.7 Å². The SMILES string of the molecule is CC[C@@H](CO)N1C(=O)[C@@H]2[C@@H]3C(=O)OCCC=C[C@]3(CC)O[C@@]23C=CCN(c2ccc(OC)cc2)C(=O)C13. The molecule has 0 saturated carbocycles. The highest BCUT2D eigenvalue weighted by Crippen LogP contribution is 2.58. The van der Waals surface area contributed by atoms with Crippen molar-refractivity contribution in [3.8, 4) is 5.75 Å². The lowest BCUT2D eigenvalue weighted by Crippen LogP contribution is -2.59. The van der Waals surface area contributed by atoms with Gasteiger partial charge in [-0.05, 0) is 43.5 Å². The number of anilines is 1. The number of ether oxygens (including phenoxy) is 3. The molecule has 0 aromatic heterocycles. The van der Waals surface area contributed by atoms with Crippen LogP contribution in [0.5, 0.6) is 5.75 Å². The number of aliphatic hydroxyl groups excluding tert-OH is 1. The smallest absolute Gasteiger partial charge is 0.313 e. The zero-order valence-electron chi connectivity index (χ0n) is 21.5. The van der Waals surface area contributed by atoms with E-state index in [-0.39, 0.29) is 31.6 Å². The Balaban J connectivity index is 1.67. The van der Waals surface area contributed by atoms with Crippen LogP contribution in [-0.4, -0.2) is 77.9 Å².